The van der Waals surface area contributed by atoms with Crippen molar-refractivity contribution in [3.8, 4) is 16.9 Å². The minimum atomic E-state index is 0.248. The van der Waals surface area contributed by atoms with Gasteiger partial charge in [-0.25, -0.2) is 0 Å². The van der Waals surface area contributed by atoms with E-state index in [2.05, 4.69) is 4.98 Å². The lowest BCUT2D eigenvalue weighted by atomic mass is 10.1. The van der Waals surface area contributed by atoms with Crippen molar-refractivity contribution < 1.29 is 5.11 Å². The highest BCUT2D eigenvalue weighted by Gasteiger charge is 2.02. The first kappa shape index (κ1) is 7.73. The van der Waals surface area contributed by atoms with Crippen molar-refractivity contribution in [3.05, 3.63) is 36.7 Å². The van der Waals surface area contributed by atoms with Crippen molar-refractivity contribution in [2.45, 2.75) is 0 Å². The van der Waals surface area contributed by atoms with Crippen molar-refractivity contribution in [3.63, 3.8) is 0 Å². The molecule has 0 spiro atoms. The van der Waals surface area contributed by atoms with Crippen LogP contribution in [-0.2, 0) is 0 Å². The highest BCUT2D eigenvalue weighted by Crippen LogP contribution is 2.27. The standard InChI is InChI=1S/C10H10N2O/c11-10-6-12-5-9(10)7-2-1-3-8(13)4-7/h1-6,12-13H,11H2. The molecular weight excluding hydrogens is 164 g/mol. The van der Waals surface area contributed by atoms with E-state index >= 15 is 0 Å². The third kappa shape index (κ3) is 1.36. The first-order chi connectivity index (χ1) is 6.27. The van der Waals surface area contributed by atoms with Crippen LogP contribution >= 0.6 is 0 Å². The van der Waals surface area contributed by atoms with Crippen molar-refractivity contribution in [1.29, 1.82) is 0 Å². The molecule has 3 nitrogen and oxygen atoms in total. The number of phenolic OH excluding ortho intramolecular Hbond substituents is 1. The van der Waals surface area contributed by atoms with Crippen LogP contribution in [0.3, 0.4) is 0 Å². The molecule has 0 fully saturated rings. The van der Waals surface area contributed by atoms with Crippen molar-refractivity contribution in [1.82, 2.24) is 4.98 Å². The summed E-state index contributed by atoms with van der Waals surface area (Å²) >= 11 is 0. The van der Waals surface area contributed by atoms with E-state index < -0.39 is 0 Å². The van der Waals surface area contributed by atoms with Gasteiger partial charge in [0, 0.05) is 18.0 Å². The summed E-state index contributed by atoms with van der Waals surface area (Å²) in [6.45, 7) is 0. The van der Waals surface area contributed by atoms with E-state index in [1.54, 1.807) is 24.4 Å². The van der Waals surface area contributed by atoms with Gasteiger partial charge in [0.25, 0.3) is 0 Å². The number of anilines is 1. The predicted molar refractivity (Wildman–Crippen MR) is 52.3 cm³/mol. The van der Waals surface area contributed by atoms with Gasteiger partial charge in [0.1, 0.15) is 5.75 Å². The molecule has 1 aromatic heterocycles. The number of aromatic amines is 1. The van der Waals surface area contributed by atoms with E-state index in [9.17, 15) is 5.11 Å². The molecule has 1 aromatic carbocycles. The zero-order valence-corrected chi connectivity index (χ0v) is 6.99. The summed E-state index contributed by atoms with van der Waals surface area (Å²) in [6, 6.07) is 7.00. The monoisotopic (exact) mass is 174 g/mol. The molecule has 4 N–H and O–H groups in total. The lowest BCUT2D eigenvalue weighted by Gasteiger charge is -1.99. The Morgan fingerprint density at radius 3 is 2.69 bits per heavy atom. The molecule has 0 aliphatic rings. The van der Waals surface area contributed by atoms with E-state index in [-0.39, 0.29) is 5.75 Å². The molecular formula is C10H10N2O. The normalized spacial score (nSPS) is 10.2. The minimum Gasteiger partial charge on any atom is -0.508 e. The van der Waals surface area contributed by atoms with Crippen LogP contribution in [0.4, 0.5) is 5.69 Å². The molecule has 2 aromatic rings. The fourth-order valence-electron chi connectivity index (χ4n) is 1.30. The molecule has 0 radical (unpaired) electrons. The van der Waals surface area contributed by atoms with Gasteiger partial charge >= 0.3 is 0 Å². The molecule has 3 heteroatoms. The molecule has 1 heterocycles. The number of aromatic nitrogens is 1. The Labute approximate surface area is 75.8 Å². The fourth-order valence-corrected chi connectivity index (χ4v) is 1.30. The van der Waals surface area contributed by atoms with Crippen LogP contribution in [0.5, 0.6) is 5.75 Å². The van der Waals surface area contributed by atoms with Gasteiger partial charge in [0.15, 0.2) is 0 Å². The highest BCUT2D eigenvalue weighted by atomic mass is 16.3. The Hall–Kier alpha value is -1.90. The number of benzene rings is 1. The Morgan fingerprint density at radius 1 is 1.23 bits per heavy atom. The number of nitrogen functional groups attached to an aromatic ring is 1. The van der Waals surface area contributed by atoms with Gasteiger partial charge in [-0.3, -0.25) is 0 Å². The van der Waals surface area contributed by atoms with E-state index in [4.69, 9.17) is 5.73 Å². The zero-order chi connectivity index (χ0) is 9.26. The second-order valence-corrected chi connectivity index (χ2v) is 2.87. The molecule has 0 saturated heterocycles. The smallest absolute Gasteiger partial charge is 0.116 e. The summed E-state index contributed by atoms with van der Waals surface area (Å²) in [5.41, 5.74) is 8.22. The van der Waals surface area contributed by atoms with Crippen LogP contribution in [0.1, 0.15) is 0 Å². The van der Waals surface area contributed by atoms with Gasteiger partial charge < -0.3 is 15.8 Å². The minimum absolute atomic E-state index is 0.248. The van der Waals surface area contributed by atoms with Gasteiger partial charge in [0.2, 0.25) is 0 Å². The third-order valence-corrected chi connectivity index (χ3v) is 1.93. The summed E-state index contributed by atoms with van der Waals surface area (Å²) in [7, 11) is 0. The SMILES string of the molecule is Nc1c[nH]cc1-c1cccc(O)c1. The number of nitrogens with one attached hydrogen (secondary N) is 1. The fraction of sp³-hybridized carbons (Fsp3) is 0. The van der Waals surface area contributed by atoms with Crippen molar-refractivity contribution >= 4 is 5.69 Å². The number of rotatable bonds is 1. The molecule has 0 saturated carbocycles. The first-order valence-electron chi connectivity index (χ1n) is 3.99. The van der Waals surface area contributed by atoms with Gasteiger partial charge in [-0.2, -0.15) is 0 Å². The maximum Gasteiger partial charge on any atom is 0.116 e. The summed E-state index contributed by atoms with van der Waals surface area (Å²) in [5, 5.41) is 9.25. The van der Waals surface area contributed by atoms with E-state index in [0.29, 0.717) is 5.69 Å². The van der Waals surface area contributed by atoms with Gasteiger partial charge in [-0.15, -0.1) is 0 Å². The maximum absolute atomic E-state index is 9.25. The average molecular weight is 174 g/mol. The number of aromatic hydroxyl groups is 1. The summed E-state index contributed by atoms with van der Waals surface area (Å²) in [5.74, 6) is 0.248. The number of hydrogen-bond donors (Lipinski definition) is 3. The molecule has 13 heavy (non-hydrogen) atoms. The van der Waals surface area contributed by atoms with E-state index in [1.807, 2.05) is 12.3 Å². The number of H-pyrrole nitrogens is 1. The van der Waals surface area contributed by atoms with Crippen LogP contribution in [0.25, 0.3) is 11.1 Å². The van der Waals surface area contributed by atoms with E-state index in [0.717, 1.165) is 11.1 Å². The summed E-state index contributed by atoms with van der Waals surface area (Å²) in [4.78, 5) is 2.91. The topological polar surface area (TPSA) is 62.0 Å². The average Bonchev–Trinajstić information content (AvgIpc) is 2.51. The van der Waals surface area contributed by atoms with Crippen molar-refractivity contribution in [2.24, 2.45) is 0 Å². The van der Waals surface area contributed by atoms with Crippen molar-refractivity contribution in [2.75, 3.05) is 5.73 Å². The maximum atomic E-state index is 9.25. The predicted octanol–water partition coefficient (Wildman–Crippen LogP) is 1.97. The molecule has 2 rings (SSSR count). The number of hydrogen-bond acceptors (Lipinski definition) is 2. The lowest BCUT2D eigenvalue weighted by Crippen LogP contribution is -1.83. The van der Waals surface area contributed by atoms with Gasteiger partial charge in [0.05, 0.1) is 5.69 Å². The van der Waals surface area contributed by atoms with Crippen LogP contribution in [0, 0.1) is 0 Å². The largest absolute Gasteiger partial charge is 0.508 e. The Bertz CT molecular complexity index is 420. The van der Waals surface area contributed by atoms with E-state index in [1.165, 1.54) is 0 Å². The second-order valence-electron chi connectivity index (χ2n) is 2.87. The molecule has 66 valence electrons. The Balaban J connectivity index is 2.53. The number of nitrogens with two attached hydrogens (primary N) is 1. The first-order valence-corrected chi connectivity index (χ1v) is 3.99. The van der Waals surface area contributed by atoms with Gasteiger partial charge in [-0.1, -0.05) is 12.1 Å². The summed E-state index contributed by atoms with van der Waals surface area (Å²) < 4.78 is 0. The summed E-state index contributed by atoms with van der Waals surface area (Å²) in [6.07, 6.45) is 3.53. The van der Waals surface area contributed by atoms with Crippen LogP contribution < -0.4 is 5.73 Å². The third-order valence-electron chi connectivity index (χ3n) is 1.93. The molecule has 0 aliphatic heterocycles. The lowest BCUT2D eigenvalue weighted by molar-refractivity contribution is 0.475. The van der Waals surface area contributed by atoms with Crippen LogP contribution in [0.15, 0.2) is 36.7 Å². The molecule has 0 aliphatic carbocycles. The van der Waals surface area contributed by atoms with Crippen LogP contribution in [-0.4, -0.2) is 10.1 Å². The Morgan fingerprint density at radius 2 is 2.08 bits per heavy atom. The van der Waals surface area contributed by atoms with Crippen LogP contribution in [0.2, 0.25) is 0 Å². The van der Waals surface area contributed by atoms with Gasteiger partial charge in [-0.05, 0) is 17.7 Å². The number of phenols is 1. The molecule has 0 bridgehead atoms. The highest BCUT2D eigenvalue weighted by molar-refractivity contribution is 5.76. The molecule has 0 unspecified atom stereocenters. The zero-order valence-electron chi connectivity index (χ0n) is 6.99. The quantitative estimate of drug-likeness (QED) is 0.619. The second kappa shape index (κ2) is 2.86. The molecule has 0 amide bonds. The Kier molecular flexibility index (Phi) is 1.70. The molecule has 0 atom stereocenters.